The van der Waals surface area contributed by atoms with Gasteiger partial charge >= 0.3 is 0 Å². The van der Waals surface area contributed by atoms with E-state index in [-0.39, 0.29) is 6.54 Å². The van der Waals surface area contributed by atoms with Crippen LogP contribution in [0.2, 0.25) is 0 Å². The molecule has 100 valence electrons. The summed E-state index contributed by atoms with van der Waals surface area (Å²) in [5.74, 6) is 0. The highest BCUT2D eigenvalue weighted by Gasteiger charge is 2.03. The fraction of sp³-hybridized carbons (Fsp3) is 0.467. The minimum atomic E-state index is 0.265. The van der Waals surface area contributed by atoms with Crippen LogP contribution in [0.1, 0.15) is 43.7 Å². The minimum Gasteiger partial charge on any atom is -0.211 e. The third kappa shape index (κ3) is 5.43. The highest BCUT2D eigenvalue weighted by atomic mass is 16.1. The normalized spacial score (nSPS) is 9.53. The zero-order chi connectivity index (χ0) is 13.9. The molecule has 1 aromatic rings. The maximum absolute atomic E-state index is 10.5. The van der Waals surface area contributed by atoms with Gasteiger partial charge in [-0.15, -0.1) is 0 Å². The van der Waals surface area contributed by atoms with E-state index in [1.54, 1.807) is 12.1 Å². The molecule has 0 heterocycles. The highest BCUT2D eigenvalue weighted by Crippen LogP contribution is 2.23. The zero-order valence-corrected chi connectivity index (χ0v) is 11.2. The molecule has 4 heteroatoms. The van der Waals surface area contributed by atoms with E-state index < -0.39 is 0 Å². The van der Waals surface area contributed by atoms with Crippen molar-refractivity contribution in [2.24, 2.45) is 9.98 Å². The molecule has 0 fully saturated rings. The Hall–Kier alpha value is -2.02. The van der Waals surface area contributed by atoms with E-state index in [1.807, 2.05) is 12.1 Å². The number of aryl methyl sites for hydroxylation is 1. The van der Waals surface area contributed by atoms with Gasteiger partial charge in [0.05, 0.1) is 12.2 Å². The molecule has 0 aliphatic heterocycles. The standard InChI is InChI=1S/C15H18N2O2/c1-2-3-4-5-6-14-8-7-13(10-16-11-18)9-15(14)17-12-19/h7-9H,2-6,10H2,1H3. The molecule has 0 saturated carbocycles. The zero-order valence-electron chi connectivity index (χ0n) is 11.2. The first kappa shape index (κ1) is 15.0. The lowest BCUT2D eigenvalue weighted by Crippen LogP contribution is -1.90. The van der Waals surface area contributed by atoms with Crippen LogP contribution in [0, 0.1) is 0 Å². The van der Waals surface area contributed by atoms with Crippen molar-refractivity contribution in [2.75, 3.05) is 0 Å². The molecule has 0 unspecified atom stereocenters. The Bertz CT molecular complexity index is 499. The van der Waals surface area contributed by atoms with Gasteiger partial charge < -0.3 is 0 Å². The van der Waals surface area contributed by atoms with Crippen molar-refractivity contribution in [3.05, 3.63) is 29.3 Å². The monoisotopic (exact) mass is 258 g/mol. The predicted molar refractivity (Wildman–Crippen MR) is 73.9 cm³/mol. The smallest absolute Gasteiger partial charge is 0.211 e. The molecule has 0 bridgehead atoms. The molecule has 0 aliphatic carbocycles. The molecule has 1 rings (SSSR count). The summed E-state index contributed by atoms with van der Waals surface area (Å²) in [5.41, 5.74) is 2.51. The first-order valence-electron chi connectivity index (χ1n) is 6.55. The quantitative estimate of drug-likeness (QED) is 0.406. The number of rotatable bonds is 8. The Kier molecular flexibility index (Phi) is 7.11. The minimum absolute atomic E-state index is 0.265. The van der Waals surface area contributed by atoms with Gasteiger partial charge in [-0.1, -0.05) is 38.3 Å². The molecular formula is C15H18N2O2. The fourth-order valence-corrected chi connectivity index (χ4v) is 1.94. The number of isocyanates is 2. The van der Waals surface area contributed by atoms with Gasteiger partial charge in [0.1, 0.15) is 0 Å². The van der Waals surface area contributed by atoms with Crippen molar-refractivity contribution in [2.45, 2.75) is 45.6 Å². The number of hydrogen-bond acceptors (Lipinski definition) is 4. The molecular weight excluding hydrogens is 240 g/mol. The molecule has 0 aromatic heterocycles. The van der Waals surface area contributed by atoms with E-state index in [4.69, 9.17) is 0 Å². The van der Waals surface area contributed by atoms with Gasteiger partial charge in [0, 0.05) is 0 Å². The molecule has 0 aliphatic rings. The Morgan fingerprint density at radius 3 is 2.63 bits per heavy atom. The van der Waals surface area contributed by atoms with Crippen molar-refractivity contribution in [3.8, 4) is 0 Å². The Balaban J connectivity index is 2.79. The molecule has 19 heavy (non-hydrogen) atoms. The molecule has 0 amide bonds. The van der Waals surface area contributed by atoms with Crippen LogP contribution in [0.25, 0.3) is 0 Å². The van der Waals surface area contributed by atoms with Gasteiger partial charge in [0.15, 0.2) is 0 Å². The van der Waals surface area contributed by atoms with Gasteiger partial charge in [-0.2, -0.15) is 4.99 Å². The summed E-state index contributed by atoms with van der Waals surface area (Å²) in [6, 6.07) is 5.62. The fourth-order valence-electron chi connectivity index (χ4n) is 1.94. The molecule has 4 nitrogen and oxygen atoms in total. The maximum atomic E-state index is 10.5. The third-order valence-corrected chi connectivity index (χ3v) is 2.94. The first-order chi connectivity index (χ1) is 9.31. The van der Waals surface area contributed by atoms with Crippen LogP contribution in [0.5, 0.6) is 0 Å². The van der Waals surface area contributed by atoms with Crippen LogP contribution in [0.4, 0.5) is 5.69 Å². The van der Waals surface area contributed by atoms with Crippen molar-refractivity contribution in [1.29, 1.82) is 0 Å². The van der Waals surface area contributed by atoms with Gasteiger partial charge in [-0.05, 0) is 30.0 Å². The van der Waals surface area contributed by atoms with E-state index in [1.165, 1.54) is 25.3 Å². The molecule has 0 saturated heterocycles. The van der Waals surface area contributed by atoms with Crippen LogP contribution in [0.15, 0.2) is 28.2 Å². The average molecular weight is 258 g/mol. The van der Waals surface area contributed by atoms with Gasteiger partial charge in [0.2, 0.25) is 12.2 Å². The molecule has 0 radical (unpaired) electrons. The van der Waals surface area contributed by atoms with Crippen LogP contribution >= 0.6 is 0 Å². The molecule has 1 aromatic carbocycles. The first-order valence-corrected chi connectivity index (χ1v) is 6.55. The van der Waals surface area contributed by atoms with E-state index in [2.05, 4.69) is 16.9 Å². The number of unbranched alkanes of at least 4 members (excludes halogenated alkanes) is 3. The molecule has 0 spiro atoms. The van der Waals surface area contributed by atoms with Gasteiger partial charge in [-0.3, -0.25) is 0 Å². The van der Waals surface area contributed by atoms with Gasteiger partial charge in [-0.25, -0.2) is 14.6 Å². The van der Waals surface area contributed by atoms with Crippen molar-refractivity contribution < 1.29 is 9.59 Å². The van der Waals surface area contributed by atoms with E-state index in [0.29, 0.717) is 5.69 Å². The Labute approximate surface area is 113 Å². The van der Waals surface area contributed by atoms with Crippen LogP contribution in [-0.4, -0.2) is 12.2 Å². The second-order valence-electron chi connectivity index (χ2n) is 4.38. The Morgan fingerprint density at radius 2 is 1.95 bits per heavy atom. The number of nitrogens with zero attached hydrogens (tertiary/aromatic N) is 2. The highest BCUT2D eigenvalue weighted by molar-refractivity contribution is 5.55. The predicted octanol–water partition coefficient (Wildman–Crippen LogP) is 3.61. The summed E-state index contributed by atoms with van der Waals surface area (Å²) in [6.45, 7) is 2.44. The summed E-state index contributed by atoms with van der Waals surface area (Å²) in [4.78, 5) is 27.8. The molecule has 0 N–H and O–H groups in total. The van der Waals surface area contributed by atoms with Crippen molar-refractivity contribution in [1.82, 2.24) is 0 Å². The second kappa shape index (κ2) is 8.98. The largest absolute Gasteiger partial charge is 0.240 e. The number of aliphatic imine (C=N–C) groups is 2. The van der Waals surface area contributed by atoms with E-state index >= 15 is 0 Å². The van der Waals surface area contributed by atoms with Crippen LogP contribution in [0.3, 0.4) is 0 Å². The Morgan fingerprint density at radius 1 is 1.11 bits per heavy atom. The summed E-state index contributed by atoms with van der Waals surface area (Å²) in [5, 5.41) is 0. The van der Waals surface area contributed by atoms with E-state index in [0.717, 1.165) is 24.0 Å². The van der Waals surface area contributed by atoms with Crippen LogP contribution in [-0.2, 0) is 22.6 Å². The summed E-state index contributed by atoms with van der Waals surface area (Å²) in [7, 11) is 0. The summed E-state index contributed by atoms with van der Waals surface area (Å²) >= 11 is 0. The second-order valence-corrected chi connectivity index (χ2v) is 4.38. The number of hydrogen-bond donors (Lipinski definition) is 0. The number of benzene rings is 1. The van der Waals surface area contributed by atoms with Crippen molar-refractivity contribution in [3.63, 3.8) is 0 Å². The summed E-state index contributed by atoms with van der Waals surface area (Å²) < 4.78 is 0. The maximum Gasteiger partial charge on any atom is 0.240 e. The number of carbonyl (C=O) groups excluding carboxylic acids is 2. The SMILES string of the molecule is CCCCCCc1ccc(CN=C=O)cc1N=C=O. The average Bonchev–Trinajstić information content (AvgIpc) is 2.43. The topological polar surface area (TPSA) is 58.9 Å². The van der Waals surface area contributed by atoms with Gasteiger partial charge in [0.25, 0.3) is 0 Å². The lowest BCUT2D eigenvalue weighted by Gasteiger charge is -2.06. The molecule has 0 atom stereocenters. The van der Waals surface area contributed by atoms with Crippen molar-refractivity contribution >= 4 is 17.8 Å². The van der Waals surface area contributed by atoms with Crippen LogP contribution < -0.4 is 0 Å². The lowest BCUT2D eigenvalue weighted by atomic mass is 10.0. The lowest BCUT2D eigenvalue weighted by molar-refractivity contribution is 0.562. The van der Waals surface area contributed by atoms with E-state index in [9.17, 15) is 9.59 Å². The third-order valence-electron chi connectivity index (χ3n) is 2.94. The summed E-state index contributed by atoms with van der Waals surface area (Å²) in [6.07, 6.45) is 8.65.